The van der Waals surface area contributed by atoms with E-state index in [4.69, 9.17) is 0 Å². The summed E-state index contributed by atoms with van der Waals surface area (Å²) in [5.41, 5.74) is 1.56. The van der Waals surface area contributed by atoms with Crippen LogP contribution in [0.15, 0.2) is 42.6 Å². The minimum absolute atomic E-state index is 0.0622. The number of halogens is 1. The minimum atomic E-state index is -0.310. The Kier molecular flexibility index (Phi) is 5.02. The lowest BCUT2D eigenvalue weighted by molar-refractivity contribution is 0.0737. The van der Waals surface area contributed by atoms with Crippen LogP contribution in [0.5, 0.6) is 0 Å². The number of hydrogen-bond acceptors (Lipinski definition) is 4. The van der Waals surface area contributed by atoms with Crippen LogP contribution in [0.1, 0.15) is 17.3 Å². The summed E-state index contributed by atoms with van der Waals surface area (Å²) < 4.78 is 13.8. The fourth-order valence-corrected chi connectivity index (χ4v) is 2.98. The van der Waals surface area contributed by atoms with Crippen molar-refractivity contribution in [3.63, 3.8) is 0 Å². The van der Waals surface area contributed by atoms with Crippen LogP contribution in [0.2, 0.25) is 0 Å². The Morgan fingerprint density at radius 3 is 2.46 bits per heavy atom. The molecule has 0 N–H and O–H groups in total. The third-order valence-corrected chi connectivity index (χ3v) is 4.66. The summed E-state index contributed by atoms with van der Waals surface area (Å²) in [5.74, 6) is -0.248. The van der Waals surface area contributed by atoms with Crippen molar-refractivity contribution in [3.8, 4) is 11.3 Å². The summed E-state index contributed by atoms with van der Waals surface area (Å²) in [6, 6.07) is 9.80. The van der Waals surface area contributed by atoms with E-state index in [1.54, 1.807) is 36.5 Å². The maximum absolute atomic E-state index is 13.8. The largest absolute Gasteiger partial charge is 0.304 e. The van der Waals surface area contributed by atoms with Gasteiger partial charge < -0.3 is 4.90 Å². The molecule has 0 amide bonds. The lowest BCUT2D eigenvalue weighted by Gasteiger charge is -2.35. The summed E-state index contributed by atoms with van der Waals surface area (Å²) in [7, 11) is 2.09. The van der Waals surface area contributed by atoms with Gasteiger partial charge in [0.15, 0.2) is 5.78 Å². The molecule has 1 fully saturated rings. The normalized spacial score (nSPS) is 17.6. The Morgan fingerprint density at radius 1 is 1.12 bits per heavy atom. The Hall–Kier alpha value is -2.11. The molecule has 2 aromatic rings. The number of rotatable bonds is 4. The second-order valence-corrected chi connectivity index (χ2v) is 6.29. The van der Waals surface area contributed by atoms with Gasteiger partial charge in [0.25, 0.3) is 0 Å². The topological polar surface area (TPSA) is 36.4 Å². The molecule has 0 saturated carbocycles. The van der Waals surface area contributed by atoms with Crippen LogP contribution in [0.4, 0.5) is 4.39 Å². The van der Waals surface area contributed by atoms with Gasteiger partial charge in [-0.2, -0.15) is 0 Å². The zero-order valence-corrected chi connectivity index (χ0v) is 14.1. The van der Waals surface area contributed by atoms with Gasteiger partial charge in [-0.05, 0) is 38.2 Å². The summed E-state index contributed by atoms with van der Waals surface area (Å²) in [5, 5.41) is 0. The highest BCUT2D eigenvalue weighted by molar-refractivity contribution is 5.99. The van der Waals surface area contributed by atoms with Crippen LogP contribution >= 0.6 is 0 Å². The van der Waals surface area contributed by atoms with Crippen molar-refractivity contribution >= 4 is 5.78 Å². The first-order valence-electron chi connectivity index (χ1n) is 8.24. The van der Waals surface area contributed by atoms with Crippen molar-refractivity contribution in [1.82, 2.24) is 14.8 Å². The maximum Gasteiger partial charge on any atom is 0.181 e. The quantitative estimate of drug-likeness (QED) is 0.809. The number of hydrogen-bond donors (Lipinski definition) is 0. The first kappa shape index (κ1) is 16.7. The van der Waals surface area contributed by atoms with Gasteiger partial charge in [-0.15, -0.1) is 0 Å². The van der Waals surface area contributed by atoms with E-state index in [1.807, 2.05) is 6.92 Å². The van der Waals surface area contributed by atoms with E-state index < -0.39 is 0 Å². The fourth-order valence-electron chi connectivity index (χ4n) is 2.98. The molecule has 2 heterocycles. The molecular formula is C19H22FN3O. The van der Waals surface area contributed by atoms with Gasteiger partial charge in [-0.25, -0.2) is 4.39 Å². The second-order valence-electron chi connectivity index (χ2n) is 6.29. The number of pyridine rings is 1. The van der Waals surface area contributed by atoms with E-state index in [1.165, 1.54) is 6.07 Å². The number of aromatic nitrogens is 1. The van der Waals surface area contributed by atoms with Crippen LogP contribution in [-0.2, 0) is 0 Å². The third kappa shape index (κ3) is 3.52. The van der Waals surface area contributed by atoms with E-state index in [2.05, 4.69) is 21.8 Å². The number of ketones is 1. The molecule has 1 saturated heterocycles. The highest BCUT2D eigenvalue weighted by Crippen LogP contribution is 2.21. The van der Waals surface area contributed by atoms with Crippen molar-refractivity contribution in [3.05, 3.63) is 54.0 Å². The SMILES string of the molecule is CC(C(=O)c1ccc(-c2ccccc2F)nc1)N1CCN(C)CC1. The first-order chi connectivity index (χ1) is 11.6. The smallest absolute Gasteiger partial charge is 0.181 e. The molecule has 1 aliphatic rings. The summed E-state index contributed by atoms with van der Waals surface area (Å²) >= 11 is 0. The molecular weight excluding hydrogens is 305 g/mol. The highest BCUT2D eigenvalue weighted by atomic mass is 19.1. The Bertz CT molecular complexity index is 709. The number of likely N-dealkylation sites (N-methyl/N-ethyl adjacent to an activating group) is 1. The van der Waals surface area contributed by atoms with Gasteiger partial charge in [-0.1, -0.05) is 12.1 Å². The zero-order valence-electron chi connectivity index (χ0n) is 14.1. The number of Topliss-reactive ketones (excluding diaryl/α,β-unsaturated/α-hetero) is 1. The van der Waals surface area contributed by atoms with Gasteiger partial charge in [0.05, 0.1) is 11.7 Å². The van der Waals surface area contributed by atoms with Crippen molar-refractivity contribution in [2.24, 2.45) is 0 Å². The number of carbonyl (C=O) groups excluding carboxylic acids is 1. The molecule has 126 valence electrons. The monoisotopic (exact) mass is 327 g/mol. The van der Waals surface area contributed by atoms with E-state index in [9.17, 15) is 9.18 Å². The molecule has 0 spiro atoms. The fraction of sp³-hybridized carbons (Fsp3) is 0.368. The molecule has 1 unspecified atom stereocenters. The third-order valence-electron chi connectivity index (χ3n) is 4.66. The van der Waals surface area contributed by atoms with Crippen molar-refractivity contribution in [2.75, 3.05) is 33.2 Å². The van der Waals surface area contributed by atoms with Crippen molar-refractivity contribution in [1.29, 1.82) is 0 Å². The molecule has 4 nitrogen and oxygen atoms in total. The van der Waals surface area contributed by atoms with Crippen molar-refractivity contribution < 1.29 is 9.18 Å². The average molecular weight is 327 g/mol. The predicted octanol–water partition coefficient (Wildman–Crippen LogP) is 2.71. The summed E-state index contributed by atoms with van der Waals surface area (Å²) in [6.07, 6.45) is 1.55. The standard InChI is InChI=1S/C19H22FN3O/c1-14(23-11-9-22(2)10-12-23)19(24)15-7-8-18(21-13-15)16-5-3-4-6-17(16)20/h3-8,13-14H,9-12H2,1-2H3. The van der Waals surface area contributed by atoms with Gasteiger partial charge in [0, 0.05) is 43.5 Å². The predicted molar refractivity (Wildman–Crippen MR) is 92.5 cm³/mol. The molecule has 5 heteroatoms. The lowest BCUT2D eigenvalue weighted by atomic mass is 10.0. The number of carbonyl (C=O) groups is 1. The number of piperazine rings is 1. The lowest BCUT2D eigenvalue weighted by Crippen LogP contribution is -2.50. The Morgan fingerprint density at radius 2 is 1.83 bits per heavy atom. The Labute approximate surface area is 141 Å². The van der Waals surface area contributed by atoms with E-state index in [0.717, 1.165) is 26.2 Å². The molecule has 24 heavy (non-hydrogen) atoms. The molecule has 0 aliphatic carbocycles. The van der Waals surface area contributed by atoms with E-state index in [0.29, 0.717) is 16.8 Å². The molecule has 1 aliphatic heterocycles. The van der Waals surface area contributed by atoms with Gasteiger partial charge >= 0.3 is 0 Å². The van der Waals surface area contributed by atoms with Crippen LogP contribution in [0.25, 0.3) is 11.3 Å². The molecule has 0 bridgehead atoms. The summed E-state index contributed by atoms with van der Waals surface area (Å²) in [6.45, 7) is 5.68. The van der Waals surface area contributed by atoms with Crippen LogP contribution < -0.4 is 0 Å². The number of nitrogens with zero attached hydrogens (tertiary/aromatic N) is 3. The maximum atomic E-state index is 13.8. The molecule has 1 atom stereocenters. The van der Waals surface area contributed by atoms with Gasteiger partial charge in [-0.3, -0.25) is 14.7 Å². The minimum Gasteiger partial charge on any atom is -0.304 e. The van der Waals surface area contributed by atoms with Crippen LogP contribution in [0.3, 0.4) is 0 Å². The average Bonchev–Trinajstić information content (AvgIpc) is 2.62. The molecule has 1 aromatic heterocycles. The van der Waals surface area contributed by atoms with E-state index >= 15 is 0 Å². The highest BCUT2D eigenvalue weighted by Gasteiger charge is 2.25. The zero-order chi connectivity index (χ0) is 17.1. The summed E-state index contributed by atoms with van der Waals surface area (Å²) in [4.78, 5) is 21.4. The van der Waals surface area contributed by atoms with Crippen molar-refractivity contribution in [2.45, 2.75) is 13.0 Å². The molecule has 1 aromatic carbocycles. The molecule has 3 rings (SSSR count). The van der Waals surface area contributed by atoms with Crippen LogP contribution in [0, 0.1) is 5.82 Å². The Balaban J connectivity index is 1.73. The van der Waals surface area contributed by atoms with Crippen LogP contribution in [-0.4, -0.2) is 59.8 Å². The van der Waals surface area contributed by atoms with Gasteiger partial charge in [0.2, 0.25) is 0 Å². The van der Waals surface area contributed by atoms with E-state index in [-0.39, 0.29) is 17.6 Å². The molecule has 0 radical (unpaired) electrons. The first-order valence-corrected chi connectivity index (χ1v) is 8.24. The second kappa shape index (κ2) is 7.20. The number of benzene rings is 1. The van der Waals surface area contributed by atoms with Gasteiger partial charge in [0.1, 0.15) is 5.82 Å².